The smallest absolute Gasteiger partial charge is 0.168 e. The zero-order valence-electron chi connectivity index (χ0n) is 12.8. The van der Waals surface area contributed by atoms with Crippen LogP contribution in [-0.4, -0.2) is 54.6 Å². The number of phenolic OH excluding ortho intramolecular Hbond substituents is 1. The molecule has 1 aliphatic rings. The number of benzene rings is 1. The van der Waals surface area contributed by atoms with E-state index < -0.39 is 0 Å². The average molecular weight is 292 g/mol. The Balaban J connectivity index is 1.97. The largest absolute Gasteiger partial charge is 0.507 e. The number of carbonyl (C=O) groups is 1. The zero-order chi connectivity index (χ0) is 15.2. The minimum absolute atomic E-state index is 0.0245. The minimum atomic E-state index is -0.0414. The lowest BCUT2D eigenvalue weighted by Gasteiger charge is -2.26. The van der Waals surface area contributed by atoms with Crippen molar-refractivity contribution in [3.63, 3.8) is 0 Å². The number of hydrogen-bond acceptors (Lipinski definition) is 5. The fraction of sp³-hybridized carbons (Fsp3) is 0.562. The van der Waals surface area contributed by atoms with Gasteiger partial charge in [-0.3, -0.25) is 4.79 Å². The van der Waals surface area contributed by atoms with Crippen LogP contribution in [0, 0.1) is 0 Å². The highest BCUT2D eigenvalue weighted by molar-refractivity contribution is 5.99. The third-order valence-corrected chi connectivity index (χ3v) is 3.50. The molecule has 5 nitrogen and oxygen atoms in total. The number of ketones is 1. The molecule has 0 bridgehead atoms. The van der Waals surface area contributed by atoms with E-state index in [0.717, 1.165) is 32.7 Å². The number of nitrogens with one attached hydrogen (secondary N) is 1. The van der Waals surface area contributed by atoms with E-state index in [2.05, 4.69) is 10.2 Å². The summed E-state index contributed by atoms with van der Waals surface area (Å²) in [7, 11) is 0. The molecule has 0 saturated carbocycles. The summed E-state index contributed by atoms with van der Waals surface area (Å²) in [5.74, 6) is 0.602. The van der Waals surface area contributed by atoms with Gasteiger partial charge in [0.1, 0.15) is 11.5 Å². The van der Waals surface area contributed by atoms with Crippen LogP contribution in [0.4, 0.5) is 0 Å². The van der Waals surface area contributed by atoms with E-state index in [1.54, 1.807) is 12.1 Å². The van der Waals surface area contributed by atoms with Gasteiger partial charge >= 0.3 is 0 Å². The first-order valence-corrected chi connectivity index (χ1v) is 7.52. The molecule has 1 aromatic rings. The number of carbonyl (C=O) groups excluding carboxylic acids is 1. The number of ether oxygens (including phenoxy) is 1. The van der Waals surface area contributed by atoms with Crippen molar-refractivity contribution in [2.45, 2.75) is 26.4 Å². The van der Waals surface area contributed by atoms with Gasteiger partial charge in [-0.25, -0.2) is 0 Å². The predicted molar refractivity (Wildman–Crippen MR) is 82.1 cm³/mol. The summed E-state index contributed by atoms with van der Waals surface area (Å²) in [5, 5.41) is 13.2. The Morgan fingerprint density at radius 2 is 2.10 bits per heavy atom. The topological polar surface area (TPSA) is 61.8 Å². The molecule has 0 unspecified atom stereocenters. The molecular weight excluding hydrogens is 268 g/mol. The normalized spacial score (nSPS) is 16.1. The monoisotopic (exact) mass is 292 g/mol. The van der Waals surface area contributed by atoms with Crippen molar-refractivity contribution in [1.82, 2.24) is 10.2 Å². The van der Waals surface area contributed by atoms with Gasteiger partial charge in [0.25, 0.3) is 0 Å². The lowest BCUT2D eigenvalue weighted by molar-refractivity contribution is 0.0957. The molecular formula is C16H24N2O3. The molecule has 0 aromatic heterocycles. The molecule has 116 valence electrons. The maximum atomic E-state index is 12.3. The van der Waals surface area contributed by atoms with Crippen molar-refractivity contribution in [3.8, 4) is 11.5 Å². The quantitative estimate of drug-likeness (QED) is 0.781. The molecule has 0 amide bonds. The summed E-state index contributed by atoms with van der Waals surface area (Å²) < 4.78 is 5.57. The van der Waals surface area contributed by atoms with Crippen LogP contribution in [0.2, 0.25) is 0 Å². The van der Waals surface area contributed by atoms with Gasteiger partial charge in [0.05, 0.1) is 11.7 Å². The molecule has 2 rings (SSSR count). The number of hydrogen-bond donors (Lipinski definition) is 2. The maximum Gasteiger partial charge on any atom is 0.168 e. The van der Waals surface area contributed by atoms with Crippen LogP contribution in [0.25, 0.3) is 0 Å². The van der Waals surface area contributed by atoms with E-state index in [1.807, 2.05) is 13.8 Å². The third-order valence-electron chi connectivity index (χ3n) is 3.50. The molecule has 5 heteroatoms. The van der Waals surface area contributed by atoms with Crippen molar-refractivity contribution in [1.29, 1.82) is 0 Å². The third kappa shape index (κ3) is 4.72. The second kappa shape index (κ2) is 7.43. The van der Waals surface area contributed by atoms with Gasteiger partial charge in [-0.05, 0) is 32.0 Å². The van der Waals surface area contributed by atoms with Crippen LogP contribution < -0.4 is 10.1 Å². The first kappa shape index (κ1) is 15.8. The number of piperazine rings is 1. The number of rotatable bonds is 6. The van der Waals surface area contributed by atoms with Crippen molar-refractivity contribution in [3.05, 3.63) is 23.8 Å². The van der Waals surface area contributed by atoms with E-state index in [9.17, 15) is 9.90 Å². The van der Waals surface area contributed by atoms with Crippen LogP contribution in [0.3, 0.4) is 0 Å². The van der Waals surface area contributed by atoms with Crippen molar-refractivity contribution in [2.24, 2.45) is 0 Å². The van der Waals surface area contributed by atoms with Crippen LogP contribution in [0.1, 0.15) is 30.6 Å². The number of phenols is 1. The summed E-state index contributed by atoms with van der Waals surface area (Å²) in [6, 6.07) is 4.84. The molecule has 2 N–H and O–H groups in total. The van der Waals surface area contributed by atoms with Gasteiger partial charge in [-0.15, -0.1) is 0 Å². The van der Waals surface area contributed by atoms with Gasteiger partial charge in [0.15, 0.2) is 5.78 Å². The highest BCUT2D eigenvalue weighted by Crippen LogP contribution is 2.25. The Morgan fingerprint density at radius 3 is 2.76 bits per heavy atom. The van der Waals surface area contributed by atoms with Gasteiger partial charge < -0.3 is 20.1 Å². The Hall–Kier alpha value is -1.59. The molecule has 0 aliphatic carbocycles. The standard InChI is InChI=1S/C16H24N2O3/c1-12(2)21-13-3-4-15(19)14(11-13)16(20)5-8-18-9-6-17-7-10-18/h3-4,11-12,17,19H,5-10H2,1-2H3. The summed E-state index contributed by atoms with van der Waals surface area (Å²) >= 11 is 0. The predicted octanol–water partition coefficient (Wildman–Crippen LogP) is 1.66. The molecule has 1 saturated heterocycles. The second-order valence-corrected chi connectivity index (χ2v) is 5.61. The summed E-state index contributed by atoms with van der Waals surface area (Å²) in [5.41, 5.74) is 0.350. The lowest BCUT2D eigenvalue weighted by Crippen LogP contribution is -2.44. The zero-order valence-corrected chi connectivity index (χ0v) is 12.8. The fourth-order valence-corrected chi connectivity index (χ4v) is 2.41. The Labute approximate surface area is 125 Å². The number of Topliss-reactive ketones (excluding diaryl/α,β-unsaturated/α-hetero) is 1. The number of aromatic hydroxyl groups is 1. The van der Waals surface area contributed by atoms with E-state index in [1.165, 1.54) is 6.07 Å². The van der Waals surface area contributed by atoms with E-state index in [0.29, 0.717) is 17.7 Å². The van der Waals surface area contributed by atoms with Gasteiger partial charge in [0, 0.05) is 39.1 Å². The van der Waals surface area contributed by atoms with Crippen molar-refractivity contribution >= 4 is 5.78 Å². The van der Waals surface area contributed by atoms with Crippen LogP contribution in [0.15, 0.2) is 18.2 Å². The lowest BCUT2D eigenvalue weighted by atomic mass is 10.1. The molecule has 0 radical (unpaired) electrons. The average Bonchev–Trinajstić information content (AvgIpc) is 2.47. The van der Waals surface area contributed by atoms with Crippen LogP contribution in [0.5, 0.6) is 11.5 Å². The molecule has 21 heavy (non-hydrogen) atoms. The maximum absolute atomic E-state index is 12.3. The van der Waals surface area contributed by atoms with Gasteiger partial charge in [-0.2, -0.15) is 0 Å². The van der Waals surface area contributed by atoms with Crippen molar-refractivity contribution < 1.29 is 14.6 Å². The SMILES string of the molecule is CC(C)Oc1ccc(O)c(C(=O)CCN2CCNCC2)c1. The van der Waals surface area contributed by atoms with E-state index in [-0.39, 0.29) is 17.6 Å². The van der Waals surface area contributed by atoms with Gasteiger partial charge in [-0.1, -0.05) is 0 Å². The molecule has 0 spiro atoms. The Bertz CT molecular complexity index is 482. The first-order valence-electron chi connectivity index (χ1n) is 7.52. The first-order chi connectivity index (χ1) is 10.1. The van der Waals surface area contributed by atoms with E-state index in [4.69, 9.17) is 4.74 Å². The molecule has 1 aliphatic heterocycles. The summed E-state index contributed by atoms with van der Waals surface area (Å²) in [4.78, 5) is 14.6. The molecule has 1 aromatic carbocycles. The second-order valence-electron chi connectivity index (χ2n) is 5.61. The molecule has 1 fully saturated rings. The van der Waals surface area contributed by atoms with Crippen molar-refractivity contribution in [2.75, 3.05) is 32.7 Å². The van der Waals surface area contributed by atoms with E-state index >= 15 is 0 Å². The molecule has 0 atom stereocenters. The summed E-state index contributed by atoms with van der Waals surface area (Å²) in [6.07, 6.45) is 0.456. The fourth-order valence-electron chi connectivity index (χ4n) is 2.41. The summed E-state index contributed by atoms with van der Waals surface area (Å²) in [6.45, 7) is 8.46. The number of nitrogens with zero attached hydrogens (tertiary/aromatic N) is 1. The Kier molecular flexibility index (Phi) is 5.59. The van der Waals surface area contributed by atoms with Crippen LogP contribution in [-0.2, 0) is 0 Å². The Morgan fingerprint density at radius 1 is 1.38 bits per heavy atom. The minimum Gasteiger partial charge on any atom is -0.507 e. The van der Waals surface area contributed by atoms with Crippen LogP contribution >= 0.6 is 0 Å². The highest BCUT2D eigenvalue weighted by atomic mass is 16.5. The molecule has 1 heterocycles. The highest BCUT2D eigenvalue weighted by Gasteiger charge is 2.16. The van der Waals surface area contributed by atoms with Gasteiger partial charge in [0.2, 0.25) is 0 Å².